The van der Waals surface area contributed by atoms with E-state index >= 15 is 0 Å². The van der Waals surface area contributed by atoms with Gasteiger partial charge in [-0.15, -0.1) is 0 Å². The van der Waals surface area contributed by atoms with E-state index in [9.17, 15) is 0 Å². The number of hydrogen-bond acceptors (Lipinski definition) is 3. The van der Waals surface area contributed by atoms with Crippen LogP contribution < -0.4 is 0 Å². The second-order valence-electron chi connectivity index (χ2n) is 5.88. The van der Waals surface area contributed by atoms with E-state index in [1.165, 1.54) is 0 Å². The van der Waals surface area contributed by atoms with Crippen LogP contribution in [0.2, 0.25) is 0 Å². The van der Waals surface area contributed by atoms with E-state index in [1.807, 2.05) is 43.8 Å². The van der Waals surface area contributed by atoms with Gasteiger partial charge in [0, 0.05) is 23.5 Å². The van der Waals surface area contributed by atoms with E-state index in [-0.39, 0.29) is 0 Å². The van der Waals surface area contributed by atoms with Crippen molar-refractivity contribution in [2.24, 2.45) is 0 Å². The molecule has 4 heteroatoms. The van der Waals surface area contributed by atoms with Crippen molar-refractivity contribution in [1.29, 1.82) is 0 Å². The van der Waals surface area contributed by atoms with Gasteiger partial charge in [-0.3, -0.25) is 9.67 Å². The summed E-state index contributed by atoms with van der Waals surface area (Å²) >= 11 is 0. The minimum atomic E-state index is 0.738. The quantitative estimate of drug-likeness (QED) is 0.678. The lowest BCUT2D eigenvalue weighted by molar-refractivity contribution is 0.681. The van der Waals surface area contributed by atoms with Crippen molar-refractivity contribution in [3.05, 3.63) is 66.3 Å². The molecular formula is C19H20N4. The Hall–Kier alpha value is -2.75. The van der Waals surface area contributed by atoms with Crippen molar-refractivity contribution in [1.82, 2.24) is 19.7 Å². The zero-order chi connectivity index (χ0) is 16.4. The van der Waals surface area contributed by atoms with Gasteiger partial charge in [0.15, 0.2) is 0 Å². The van der Waals surface area contributed by atoms with Crippen LogP contribution in [-0.2, 0) is 6.54 Å². The molecule has 0 spiro atoms. The predicted molar refractivity (Wildman–Crippen MR) is 93.0 cm³/mol. The van der Waals surface area contributed by atoms with Crippen molar-refractivity contribution >= 4 is 0 Å². The number of benzene rings is 1. The van der Waals surface area contributed by atoms with Crippen LogP contribution in [0, 0.1) is 13.8 Å². The van der Waals surface area contributed by atoms with Gasteiger partial charge in [0.05, 0.1) is 29.3 Å². The first-order chi connectivity index (χ1) is 11.0. The van der Waals surface area contributed by atoms with Crippen molar-refractivity contribution in [2.45, 2.75) is 27.3 Å². The van der Waals surface area contributed by atoms with Gasteiger partial charge in [-0.05, 0) is 32.9 Å². The molecule has 0 bridgehead atoms. The number of aryl methyl sites for hydroxylation is 2. The summed E-state index contributed by atoms with van der Waals surface area (Å²) in [5.74, 6) is 0. The first kappa shape index (κ1) is 15.2. The molecule has 116 valence electrons. The van der Waals surface area contributed by atoms with Crippen molar-refractivity contribution in [3.63, 3.8) is 0 Å². The van der Waals surface area contributed by atoms with Gasteiger partial charge in [-0.2, -0.15) is 5.10 Å². The second-order valence-corrected chi connectivity index (χ2v) is 5.88. The molecule has 0 saturated carbocycles. The summed E-state index contributed by atoms with van der Waals surface area (Å²) in [7, 11) is 0. The lowest BCUT2D eigenvalue weighted by Gasteiger charge is -2.07. The SMILES string of the molecule is C=C(C)Cn1ccc(-c2cccc(-c3nc(C)cnc3C)c2)n1. The van der Waals surface area contributed by atoms with Crippen LogP contribution in [0.25, 0.3) is 22.5 Å². The highest BCUT2D eigenvalue weighted by Crippen LogP contribution is 2.25. The van der Waals surface area contributed by atoms with Crippen LogP contribution in [0.15, 0.2) is 54.9 Å². The number of rotatable bonds is 4. The summed E-state index contributed by atoms with van der Waals surface area (Å²) < 4.78 is 1.90. The van der Waals surface area contributed by atoms with E-state index < -0.39 is 0 Å². The molecule has 2 aromatic heterocycles. The lowest BCUT2D eigenvalue weighted by atomic mass is 10.0. The Morgan fingerprint density at radius 3 is 2.74 bits per heavy atom. The summed E-state index contributed by atoms with van der Waals surface area (Å²) in [6, 6.07) is 10.3. The Bertz CT molecular complexity index is 861. The van der Waals surface area contributed by atoms with Crippen LogP contribution in [0.5, 0.6) is 0 Å². The molecule has 0 amide bonds. The summed E-state index contributed by atoms with van der Waals surface area (Å²) in [4.78, 5) is 9.02. The average Bonchev–Trinajstić information content (AvgIpc) is 2.97. The molecule has 0 aliphatic rings. The van der Waals surface area contributed by atoms with Crippen molar-refractivity contribution in [2.75, 3.05) is 0 Å². The maximum atomic E-state index is 4.62. The Morgan fingerprint density at radius 1 is 1.17 bits per heavy atom. The molecule has 0 N–H and O–H groups in total. The molecule has 0 radical (unpaired) electrons. The molecular weight excluding hydrogens is 284 g/mol. The van der Waals surface area contributed by atoms with E-state index in [0.29, 0.717) is 0 Å². The molecule has 3 aromatic rings. The van der Waals surface area contributed by atoms with Gasteiger partial charge in [-0.25, -0.2) is 4.98 Å². The van der Waals surface area contributed by atoms with E-state index in [0.717, 1.165) is 46.0 Å². The van der Waals surface area contributed by atoms with Crippen molar-refractivity contribution in [3.8, 4) is 22.5 Å². The number of nitrogens with zero attached hydrogens (tertiary/aromatic N) is 4. The van der Waals surface area contributed by atoms with Gasteiger partial charge in [0.2, 0.25) is 0 Å². The first-order valence-corrected chi connectivity index (χ1v) is 7.62. The average molecular weight is 304 g/mol. The predicted octanol–water partition coefficient (Wildman–Crippen LogP) is 4.20. The smallest absolute Gasteiger partial charge is 0.0923 e. The van der Waals surface area contributed by atoms with Gasteiger partial charge >= 0.3 is 0 Å². The molecule has 3 rings (SSSR count). The maximum Gasteiger partial charge on any atom is 0.0923 e. The van der Waals surface area contributed by atoms with Crippen LogP contribution in [0.3, 0.4) is 0 Å². The van der Waals surface area contributed by atoms with Crippen LogP contribution >= 0.6 is 0 Å². The zero-order valence-electron chi connectivity index (χ0n) is 13.7. The largest absolute Gasteiger partial charge is 0.268 e. The molecule has 0 unspecified atom stereocenters. The van der Waals surface area contributed by atoms with Gasteiger partial charge in [0.25, 0.3) is 0 Å². The standard InChI is InChI=1S/C19H20N4/c1-13(2)12-23-9-8-18(22-23)16-6-5-7-17(10-16)19-15(4)20-11-14(3)21-19/h5-11H,1,12H2,2-4H3. The molecule has 1 aromatic carbocycles. The van der Waals surface area contributed by atoms with Crippen molar-refractivity contribution < 1.29 is 0 Å². The highest BCUT2D eigenvalue weighted by Gasteiger charge is 2.08. The summed E-state index contributed by atoms with van der Waals surface area (Å²) in [6.45, 7) is 10.6. The number of hydrogen-bond donors (Lipinski definition) is 0. The normalized spacial score (nSPS) is 10.7. The zero-order valence-corrected chi connectivity index (χ0v) is 13.7. The molecule has 0 aliphatic carbocycles. The lowest BCUT2D eigenvalue weighted by Crippen LogP contribution is -1.99. The fourth-order valence-corrected chi connectivity index (χ4v) is 2.52. The monoisotopic (exact) mass is 304 g/mol. The fraction of sp³-hybridized carbons (Fsp3) is 0.211. The summed E-state index contributed by atoms with van der Waals surface area (Å²) in [5, 5.41) is 4.62. The Morgan fingerprint density at radius 2 is 1.96 bits per heavy atom. The molecule has 0 aliphatic heterocycles. The van der Waals surface area contributed by atoms with Gasteiger partial charge in [-0.1, -0.05) is 30.4 Å². The maximum absolute atomic E-state index is 4.62. The topological polar surface area (TPSA) is 43.6 Å². The first-order valence-electron chi connectivity index (χ1n) is 7.62. The minimum Gasteiger partial charge on any atom is -0.268 e. The number of aromatic nitrogens is 4. The summed E-state index contributed by atoms with van der Waals surface area (Å²) in [6.07, 6.45) is 3.77. The third-order valence-corrected chi connectivity index (χ3v) is 3.58. The highest BCUT2D eigenvalue weighted by molar-refractivity contribution is 5.70. The molecule has 4 nitrogen and oxygen atoms in total. The summed E-state index contributed by atoms with van der Waals surface area (Å²) in [5.41, 5.74) is 6.94. The molecule has 2 heterocycles. The Labute approximate surface area is 136 Å². The molecule has 0 fully saturated rings. The second kappa shape index (κ2) is 6.16. The van der Waals surface area contributed by atoms with Crippen LogP contribution in [-0.4, -0.2) is 19.7 Å². The van der Waals surface area contributed by atoms with E-state index in [2.05, 4.69) is 39.8 Å². The van der Waals surface area contributed by atoms with Gasteiger partial charge in [0.1, 0.15) is 0 Å². The molecule has 0 saturated heterocycles. The Kier molecular flexibility index (Phi) is 4.06. The van der Waals surface area contributed by atoms with Crippen LogP contribution in [0.4, 0.5) is 0 Å². The third kappa shape index (κ3) is 3.37. The van der Waals surface area contributed by atoms with E-state index in [1.54, 1.807) is 6.20 Å². The molecule has 0 atom stereocenters. The third-order valence-electron chi connectivity index (χ3n) is 3.58. The van der Waals surface area contributed by atoms with Gasteiger partial charge < -0.3 is 0 Å². The molecule has 23 heavy (non-hydrogen) atoms. The number of allylic oxidation sites excluding steroid dienone is 1. The Balaban J connectivity index is 1.98. The van der Waals surface area contributed by atoms with Crippen LogP contribution in [0.1, 0.15) is 18.3 Å². The van der Waals surface area contributed by atoms with E-state index in [4.69, 9.17) is 0 Å². The highest BCUT2D eigenvalue weighted by atomic mass is 15.3. The fourth-order valence-electron chi connectivity index (χ4n) is 2.52. The minimum absolute atomic E-state index is 0.738.